The first-order valence-corrected chi connectivity index (χ1v) is 9.90. The highest BCUT2D eigenvalue weighted by atomic mass is 35.5. The van der Waals surface area contributed by atoms with Crippen molar-refractivity contribution < 1.29 is 27.1 Å². The molecule has 1 aromatic carbocycles. The van der Waals surface area contributed by atoms with Crippen molar-refractivity contribution >= 4 is 23.2 Å². The average Bonchev–Trinajstić information content (AvgIpc) is 2.74. The fourth-order valence-electron chi connectivity index (χ4n) is 2.48. The number of ether oxygens (including phenoxy) is 1. The van der Waals surface area contributed by atoms with Crippen LogP contribution in [-0.2, 0) is 13.2 Å². The van der Waals surface area contributed by atoms with E-state index in [9.17, 15) is 27.2 Å². The van der Waals surface area contributed by atoms with Gasteiger partial charge in [-0.2, -0.15) is 18.3 Å². The summed E-state index contributed by atoms with van der Waals surface area (Å²) in [5.74, 6) is -2.26. The third kappa shape index (κ3) is 6.28. The van der Waals surface area contributed by atoms with Crippen LogP contribution in [0.1, 0.15) is 35.5 Å². The molecule has 176 valence electrons. The molecule has 0 saturated heterocycles. The molecule has 0 saturated carbocycles. The molecule has 33 heavy (non-hydrogen) atoms. The van der Waals surface area contributed by atoms with E-state index in [4.69, 9.17) is 16.3 Å². The number of benzene rings is 1. The molecule has 0 radical (unpaired) electrons. The molecule has 0 atom stereocenters. The number of nitrogens with zero attached hydrogens (tertiary/aromatic N) is 3. The summed E-state index contributed by atoms with van der Waals surface area (Å²) >= 11 is 5.70. The molecule has 0 bridgehead atoms. The molecule has 0 fully saturated rings. The second kappa shape index (κ2) is 10.4. The minimum absolute atomic E-state index is 0.00645. The van der Waals surface area contributed by atoms with E-state index in [1.165, 1.54) is 26.2 Å². The highest BCUT2D eigenvalue weighted by Gasteiger charge is 2.37. The summed E-state index contributed by atoms with van der Waals surface area (Å²) < 4.78 is 59.5. The number of hydrogen-bond acceptors (Lipinski definition) is 5. The molecular weight excluding hydrogens is 468 g/mol. The lowest BCUT2D eigenvalue weighted by molar-refractivity contribution is -0.141. The number of aromatic nitrogens is 3. The van der Waals surface area contributed by atoms with Gasteiger partial charge in [0.1, 0.15) is 17.1 Å². The molecular formula is C21H19ClF4N4O3. The van der Waals surface area contributed by atoms with E-state index in [1.54, 1.807) is 0 Å². The van der Waals surface area contributed by atoms with Gasteiger partial charge in [0.15, 0.2) is 5.69 Å². The van der Waals surface area contributed by atoms with E-state index in [1.807, 2.05) is 13.8 Å². The van der Waals surface area contributed by atoms with Gasteiger partial charge in [0.25, 0.3) is 11.5 Å². The van der Waals surface area contributed by atoms with Gasteiger partial charge in [-0.15, -0.1) is 0 Å². The number of alkyl halides is 3. The Kier molecular flexibility index (Phi) is 8.15. The molecule has 2 aromatic heterocycles. The molecule has 1 amide bonds. The molecule has 0 aliphatic rings. The van der Waals surface area contributed by atoms with Gasteiger partial charge in [0.05, 0.1) is 16.9 Å². The number of carbonyl (C=O) groups excluding carboxylic acids is 1. The second-order valence-electron chi connectivity index (χ2n) is 6.34. The Bertz CT molecular complexity index is 1230. The summed E-state index contributed by atoms with van der Waals surface area (Å²) in [7, 11) is 1.39. The van der Waals surface area contributed by atoms with Crippen molar-refractivity contribution in [1.29, 1.82) is 0 Å². The number of aryl methyl sites for hydroxylation is 2. The standard InChI is InChI=1S/C19H13ClF4N4O3.C2H6/c1-9-5-10(21)3-4-14(9)31-18-12(7-13(20)16(27-18)19(22,23)24)17(30)26-11-6-15(29)28(2)25-8-11;1-2/h3-8H,1-2H3,(H,26,30);1-2H3. The van der Waals surface area contributed by atoms with Crippen molar-refractivity contribution in [3.05, 3.63) is 74.5 Å². The first-order chi connectivity index (χ1) is 15.5. The van der Waals surface area contributed by atoms with Crippen LogP contribution >= 0.6 is 11.6 Å². The first-order valence-electron chi connectivity index (χ1n) is 9.52. The Balaban J connectivity index is 0.00000187. The summed E-state index contributed by atoms with van der Waals surface area (Å²) in [6.07, 6.45) is -3.75. The van der Waals surface area contributed by atoms with Crippen molar-refractivity contribution in [1.82, 2.24) is 14.8 Å². The van der Waals surface area contributed by atoms with Crippen LogP contribution in [0.5, 0.6) is 11.6 Å². The maximum Gasteiger partial charge on any atom is 0.434 e. The van der Waals surface area contributed by atoms with E-state index in [0.717, 1.165) is 28.9 Å². The third-order valence-corrected chi connectivity index (χ3v) is 4.31. The van der Waals surface area contributed by atoms with Gasteiger partial charge in [-0.05, 0) is 36.8 Å². The fourth-order valence-corrected chi connectivity index (χ4v) is 2.74. The van der Waals surface area contributed by atoms with Gasteiger partial charge < -0.3 is 10.1 Å². The number of anilines is 1. The number of hydrogen-bond donors (Lipinski definition) is 1. The zero-order valence-electron chi connectivity index (χ0n) is 17.9. The van der Waals surface area contributed by atoms with E-state index in [0.29, 0.717) is 0 Å². The molecule has 3 aromatic rings. The van der Waals surface area contributed by atoms with E-state index >= 15 is 0 Å². The second-order valence-corrected chi connectivity index (χ2v) is 6.75. The van der Waals surface area contributed by atoms with Gasteiger partial charge in [-0.3, -0.25) is 9.59 Å². The minimum atomic E-state index is -4.92. The Morgan fingerprint density at radius 2 is 1.85 bits per heavy atom. The molecule has 7 nitrogen and oxygen atoms in total. The minimum Gasteiger partial charge on any atom is -0.438 e. The van der Waals surface area contributed by atoms with Gasteiger partial charge in [0, 0.05) is 13.1 Å². The Hall–Kier alpha value is -3.47. The van der Waals surface area contributed by atoms with Gasteiger partial charge in [-0.1, -0.05) is 25.4 Å². The maximum atomic E-state index is 13.3. The third-order valence-electron chi connectivity index (χ3n) is 4.02. The molecule has 3 rings (SSSR count). The zero-order chi connectivity index (χ0) is 24.9. The molecule has 0 unspecified atom stereocenters. The van der Waals surface area contributed by atoms with Crippen LogP contribution < -0.4 is 15.6 Å². The quantitative estimate of drug-likeness (QED) is 0.501. The molecule has 2 heterocycles. The van der Waals surface area contributed by atoms with Crippen LogP contribution in [0.4, 0.5) is 23.2 Å². The van der Waals surface area contributed by atoms with Crippen LogP contribution in [0.2, 0.25) is 5.02 Å². The van der Waals surface area contributed by atoms with Gasteiger partial charge >= 0.3 is 6.18 Å². The van der Waals surface area contributed by atoms with Crippen LogP contribution in [-0.4, -0.2) is 20.7 Å². The van der Waals surface area contributed by atoms with E-state index < -0.39 is 45.6 Å². The van der Waals surface area contributed by atoms with Crippen molar-refractivity contribution in [3.8, 4) is 11.6 Å². The van der Waals surface area contributed by atoms with Crippen LogP contribution in [0.3, 0.4) is 0 Å². The average molecular weight is 487 g/mol. The largest absolute Gasteiger partial charge is 0.438 e. The molecule has 12 heteroatoms. The number of carbonyl (C=O) groups is 1. The summed E-state index contributed by atoms with van der Waals surface area (Å²) in [5.41, 5.74) is -2.18. The number of nitrogens with one attached hydrogen (secondary N) is 1. The van der Waals surface area contributed by atoms with Crippen LogP contribution in [0, 0.1) is 12.7 Å². The summed E-state index contributed by atoms with van der Waals surface area (Å²) in [5, 5.41) is 5.23. The molecule has 0 aliphatic carbocycles. The van der Waals surface area contributed by atoms with E-state index in [2.05, 4.69) is 15.4 Å². The lowest BCUT2D eigenvalue weighted by Crippen LogP contribution is -2.21. The SMILES string of the molecule is CC.Cc1cc(F)ccc1Oc1nc(C(F)(F)F)c(Cl)cc1C(=O)Nc1cnn(C)c(=O)c1. The van der Waals surface area contributed by atoms with Gasteiger partial charge in [-0.25, -0.2) is 14.1 Å². The van der Waals surface area contributed by atoms with Crippen molar-refractivity contribution in [2.45, 2.75) is 26.9 Å². The van der Waals surface area contributed by atoms with Crippen molar-refractivity contribution in [2.75, 3.05) is 5.32 Å². The van der Waals surface area contributed by atoms with Crippen molar-refractivity contribution in [3.63, 3.8) is 0 Å². The summed E-state index contributed by atoms with van der Waals surface area (Å²) in [6.45, 7) is 5.46. The number of halogens is 5. The Morgan fingerprint density at radius 1 is 1.18 bits per heavy atom. The summed E-state index contributed by atoms with van der Waals surface area (Å²) in [4.78, 5) is 27.8. The van der Waals surface area contributed by atoms with Crippen LogP contribution in [0.15, 0.2) is 41.3 Å². The van der Waals surface area contributed by atoms with E-state index in [-0.39, 0.29) is 17.0 Å². The lowest BCUT2D eigenvalue weighted by Gasteiger charge is -2.15. The summed E-state index contributed by atoms with van der Waals surface area (Å²) in [6, 6.07) is 5.12. The topological polar surface area (TPSA) is 86.1 Å². The Labute approximate surface area is 191 Å². The lowest BCUT2D eigenvalue weighted by atomic mass is 10.2. The first kappa shape index (κ1) is 25.8. The number of pyridine rings is 1. The smallest absolute Gasteiger partial charge is 0.434 e. The highest BCUT2D eigenvalue weighted by molar-refractivity contribution is 6.31. The monoisotopic (exact) mass is 486 g/mol. The normalized spacial score (nSPS) is 10.8. The highest BCUT2D eigenvalue weighted by Crippen LogP contribution is 2.37. The number of amides is 1. The fraction of sp³-hybridized carbons (Fsp3) is 0.238. The zero-order valence-corrected chi connectivity index (χ0v) is 18.7. The molecule has 0 aliphatic heterocycles. The number of rotatable bonds is 4. The molecule has 0 spiro atoms. The van der Waals surface area contributed by atoms with Crippen molar-refractivity contribution in [2.24, 2.45) is 7.05 Å². The predicted octanol–water partition coefficient (Wildman–Crippen LogP) is 5.37. The van der Waals surface area contributed by atoms with Crippen LogP contribution in [0.25, 0.3) is 0 Å². The maximum absolute atomic E-state index is 13.3. The Morgan fingerprint density at radius 3 is 2.42 bits per heavy atom. The molecule has 1 N–H and O–H groups in total. The predicted molar refractivity (Wildman–Crippen MR) is 114 cm³/mol. The van der Waals surface area contributed by atoms with Gasteiger partial charge in [0.2, 0.25) is 5.88 Å².